The predicted octanol–water partition coefficient (Wildman–Crippen LogP) is 2.25. The van der Waals surface area contributed by atoms with E-state index in [1.165, 1.54) is 0 Å². The van der Waals surface area contributed by atoms with E-state index < -0.39 is 31.2 Å². The summed E-state index contributed by atoms with van der Waals surface area (Å²) in [5.41, 5.74) is -5.97. The molecule has 0 atom stereocenters. The molecule has 0 heterocycles. The highest BCUT2D eigenvalue weighted by Crippen LogP contribution is 2.44. The minimum Gasteiger partial charge on any atom is -0.374 e. The van der Waals surface area contributed by atoms with Gasteiger partial charge in [0.05, 0.1) is 0 Å². The van der Waals surface area contributed by atoms with Crippen LogP contribution in [0, 0.1) is 0 Å². The highest BCUT2D eigenvalue weighted by Gasteiger charge is 2.69. The molecule has 0 aromatic rings. The Kier molecular flexibility index (Phi) is 1.23. The Morgan fingerprint density at radius 2 is 1.50 bits per heavy atom. The monoisotopic (exact) mass is 201 g/mol. The van der Waals surface area contributed by atoms with Crippen LogP contribution in [0.4, 0.5) is 26.3 Å². The maximum absolute atomic E-state index is 12.2. The van der Waals surface area contributed by atoms with Gasteiger partial charge in [-0.2, -0.15) is 26.3 Å². The predicted molar refractivity (Wildman–Crippen MR) is 27.4 cm³/mol. The van der Waals surface area contributed by atoms with E-state index in [0.717, 1.165) is 0 Å². The first-order valence-corrected chi connectivity index (χ1v) is 2.36. The lowest BCUT2D eigenvalue weighted by Crippen LogP contribution is -2.56. The summed E-state index contributed by atoms with van der Waals surface area (Å²) in [7, 11) is 0. The Bertz CT molecular complexity index is 277. The first kappa shape index (κ1) is 5.31. The molecule has 7 heteroatoms. The third-order valence-corrected chi connectivity index (χ3v) is 1.00. The number of hydrogen-bond donors (Lipinski definition) is 1. The fraction of sp³-hybridized carbons (Fsp3) is 1.00. The van der Waals surface area contributed by atoms with E-state index in [-0.39, 0.29) is 0 Å². The number of hydrogen-bond acceptors (Lipinski definition) is 1. The molecule has 0 radical (unpaired) electrons. The van der Waals surface area contributed by atoms with Gasteiger partial charge in [-0.3, -0.25) is 0 Å². The number of aliphatic hydroxyl groups is 1. The molecule has 0 aromatic heterocycles. The molecule has 0 rings (SSSR count). The highest BCUT2D eigenvalue weighted by molar-refractivity contribution is 4.92. The molecule has 0 saturated carbocycles. The quantitative estimate of drug-likeness (QED) is 0.645. The molecule has 0 aliphatic rings. The Balaban J connectivity index is 6.04. The second kappa shape index (κ2) is 2.79. The molecule has 1 N–H and O–H groups in total. The zero-order chi connectivity index (χ0) is 14.5. The highest BCUT2D eigenvalue weighted by atomic mass is 19.4. The smallest absolute Gasteiger partial charge is 0.374 e. The fourth-order valence-electron chi connectivity index (χ4n) is 0.302. The van der Waals surface area contributed by atoms with E-state index in [4.69, 9.17) is 12.0 Å². The molecule has 0 aromatic carbocycles. The van der Waals surface area contributed by atoms with Crippen molar-refractivity contribution in [3.05, 3.63) is 0 Å². The summed E-state index contributed by atoms with van der Waals surface area (Å²) in [6, 6.07) is 0. The van der Waals surface area contributed by atoms with E-state index in [0.29, 0.717) is 0 Å². The van der Waals surface area contributed by atoms with Crippen molar-refractivity contribution in [2.45, 2.75) is 31.2 Å². The van der Waals surface area contributed by atoms with Gasteiger partial charge in [-0.05, 0) is 6.37 Å². The van der Waals surface area contributed by atoms with Gasteiger partial charge < -0.3 is 5.11 Å². The Hall–Kier alpha value is -0.460. The van der Waals surface area contributed by atoms with E-state index in [1.807, 2.05) is 0 Å². The third-order valence-electron chi connectivity index (χ3n) is 1.00. The lowest BCUT2D eigenvalue weighted by atomic mass is 10.00. The summed E-state index contributed by atoms with van der Waals surface area (Å²) in [6.07, 6.45) is -18.0. The molecule has 0 aliphatic carbocycles. The van der Waals surface area contributed by atoms with Crippen LogP contribution in [-0.4, -0.2) is 23.1 Å². The van der Waals surface area contributed by atoms with E-state index in [9.17, 15) is 26.3 Å². The molecule has 74 valence electrons. The van der Waals surface area contributed by atoms with Gasteiger partial charge in [-0.1, -0.05) is 6.85 Å². The van der Waals surface area contributed by atoms with Gasteiger partial charge in [0.15, 0.2) is 0 Å². The molecule has 1 nitrogen and oxygen atoms in total. The maximum atomic E-state index is 12.2. The summed E-state index contributed by atoms with van der Waals surface area (Å²) < 4.78 is 105. The molecule has 12 heavy (non-hydrogen) atoms. The zero-order valence-electron chi connectivity index (χ0n) is 10.2. The molecule has 0 bridgehead atoms. The van der Waals surface area contributed by atoms with Crippen LogP contribution in [-0.2, 0) is 0 Å². The number of alkyl halides is 6. The Labute approximate surface area is 71.0 Å². The van der Waals surface area contributed by atoms with E-state index in [1.54, 1.807) is 0 Å². The Morgan fingerprint density at radius 3 is 1.58 bits per heavy atom. The largest absolute Gasteiger partial charge is 0.426 e. The third kappa shape index (κ3) is 1.65. The molecule has 0 unspecified atom stereocenters. The molecule has 0 fully saturated rings. The number of halogens is 6. The van der Waals surface area contributed by atoms with Crippen LogP contribution in [0.3, 0.4) is 0 Å². The lowest BCUT2D eigenvalue weighted by Gasteiger charge is -2.30. The van der Waals surface area contributed by atoms with Gasteiger partial charge in [0, 0.05) is 6.85 Å². The molecular formula is C5H6F6O. The summed E-state index contributed by atoms with van der Waals surface area (Å²) >= 11 is 0. The molecular weight excluding hydrogens is 190 g/mol. The minimum absolute atomic E-state index is 4.31. The van der Waals surface area contributed by atoms with Crippen LogP contribution in [0.1, 0.15) is 20.1 Å². The second-order valence-electron chi connectivity index (χ2n) is 1.83. The average molecular weight is 201 g/mol. The van der Waals surface area contributed by atoms with Gasteiger partial charge >= 0.3 is 12.4 Å². The van der Waals surface area contributed by atoms with E-state index >= 15 is 0 Å². The SMILES string of the molecule is [2H]C([2H])([2H])C([2H])([2H])C(O)(C(F)(F)F)C(F)(F)F. The molecule has 0 saturated heterocycles. The van der Waals surface area contributed by atoms with Gasteiger partial charge in [0.2, 0.25) is 0 Å². The summed E-state index contributed by atoms with van der Waals surface area (Å²) in [5, 5.41) is 8.56. The number of rotatable bonds is 1. The second-order valence-corrected chi connectivity index (χ2v) is 1.83. The van der Waals surface area contributed by atoms with Crippen LogP contribution in [0.5, 0.6) is 0 Å². The van der Waals surface area contributed by atoms with Gasteiger partial charge in [-0.25, -0.2) is 0 Å². The van der Waals surface area contributed by atoms with Crippen molar-refractivity contribution < 1.29 is 38.3 Å². The van der Waals surface area contributed by atoms with Crippen molar-refractivity contribution in [2.75, 3.05) is 0 Å². The van der Waals surface area contributed by atoms with Crippen LogP contribution in [0.15, 0.2) is 0 Å². The first-order valence-electron chi connectivity index (χ1n) is 4.86. The average Bonchev–Trinajstić information content (AvgIpc) is 1.95. The van der Waals surface area contributed by atoms with Crippen molar-refractivity contribution in [1.29, 1.82) is 0 Å². The van der Waals surface area contributed by atoms with Crippen LogP contribution in [0.2, 0.25) is 0 Å². The maximum Gasteiger partial charge on any atom is 0.426 e. The standard InChI is InChI=1S/C5H6F6O/c1-2-3(12,4(6,7)8)5(9,10)11/h12H,2H2,1H3/i1D3,2D2. The molecule has 0 spiro atoms. The van der Waals surface area contributed by atoms with E-state index in [2.05, 4.69) is 0 Å². The van der Waals surface area contributed by atoms with Crippen molar-refractivity contribution in [2.24, 2.45) is 0 Å². The van der Waals surface area contributed by atoms with Crippen molar-refractivity contribution in [1.82, 2.24) is 0 Å². The topological polar surface area (TPSA) is 20.2 Å². The summed E-state index contributed by atoms with van der Waals surface area (Å²) in [4.78, 5) is 0. The molecule has 0 amide bonds. The van der Waals surface area contributed by atoms with Crippen LogP contribution < -0.4 is 0 Å². The lowest BCUT2D eigenvalue weighted by molar-refractivity contribution is -0.368. The van der Waals surface area contributed by atoms with Crippen LogP contribution in [0.25, 0.3) is 0 Å². The van der Waals surface area contributed by atoms with Gasteiger partial charge in [-0.15, -0.1) is 0 Å². The van der Waals surface area contributed by atoms with Crippen molar-refractivity contribution >= 4 is 0 Å². The van der Waals surface area contributed by atoms with Crippen molar-refractivity contribution in [3.63, 3.8) is 0 Å². The minimum atomic E-state index is -6.52. The van der Waals surface area contributed by atoms with Crippen molar-refractivity contribution in [3.8, 4) is 0 Å². The fourth-order valence-corrected chi connectivity index (χ4v) is 0.302. The zero-order valence-corrected chi connectivity index (χ0v) is 5.22. The Morgan fingerprint density at radius 1 is 1.17 bits per heavy atom. The van der Waals surface area contributed by atoms with Gasteiger partial charge in [0.1, 0.15) is 0 Å². The summed E-state index contributed by atoms with van der Waals surface area (Å²) in [5.74, 6) is 0. The molecule has 0 aliphatic heterocycles. The normalized spacial score (nSPS) is 23.4. The first-order chi connectivity index (χ1) is 7.00. The summed E-state index contributed by atoms with van der Waals surface area (Å²) in [6.45, 7) is -4.31. The van der Waals surface area contributed by atoms with Crippen LogP contribution >= 0.6 is 0 Å². The van der Waals surface area contributed by atoms with Gasteiger partial charge in [0.25, 0.3) is 5.60 Å².